The van der Waals surface area contributed by atoms with Crippen molar-refractivity contribution in [3.05, 3.63) is 52.6 Å². The number of imide groups is 1. The summed E-state index contributed by atoms with van der Waals surface area (Å²) in [6.07, 6.45) is -0.547. The summed E-state index contributed by atoms with van der Waals surface area (Å²) in [5.41, 5.74) is -0.228. The smallest absolute Gasteiger partial charge is 0.341 e. The molecule has 0 aromatic heterocycles. The number of aliphatic hydroxyl groups is 1. The van der Waals surface area contributed by atoms with Crippen LogP contribution in [-0.4, -0.2) is 66.9 Å². The van der Waals surface area contributed by atoms with Crippen LogP contribution in [0.15, 0.2) is 30.3 Å². The van der Waals surface area contributed by atoms with Crippen molar-refractivity contribution in [2.75, 3.05) is 26.2 Å². The first-order valence-electron chi connectivity index (χ1n) is 13.1. The number of aryl methyl sites for hydroxylation is 2. The summed E-state index contributed by atoms with van der Waals surface area (Å²) in [6, 6.07) is 7.22. The number of para-hydroxylation sites is 1. The molecular weight excluding hydrogens is 520 g/mol. The number of nitrogens with zero attached hydrogens (tertiary/aromatic N) is 1. The first-order chi connectivity index (χ1) is 19.0. The Hall–Kier alpha value is -3.96. The summed E-state index contributed by atoms with van der Waals surface area (Å²) in [4.78, 5) is 55.5. The summed E-state index contributed by atoms with van der Waals surface area (Å²) in [7, 11) is 3.92. The molecule has 0 aliphatic carbocycles. The maximum Gasteiger partial charge on any atom is 0.341 e. The van der Waals surface area contributed by atoms with Crippen LogP contribution in [0.5, 0.6) is 11.5 Å². The molecule has 0 saturated carbocycles. The van der Waals surface area contributed by atoms with Gasteiger partial charge in [0.2, 0.25) is 11.8 Å². The molecule has 214 valence electrons. The summed E-state index contributed by atoms with van der Waals surface area (Å²) in [5.74, 6) is -6.10. The molecule has 2 aromatic rings. The van der Waals surface area contributed by atoms with E-state index >= 15 is 0 Å². The highest BCUT2D eigenvalue weighted by Crippen LogP contribution is 2.53. The van der Waals surface area contributed by atoms with Gasteiger partial charge in [0.05, 0.1) is 45.0 Å². The zero-order valence-electron chi connectivity index (χ0n) is 23.3. The Kier molecular flexibility index (Phi) is 7.91. The highest BCUT2D eigenvalue weighted by molar-refractivity contribution is 6.25. The largest absolute Gasteiger partial charge is 0.497 e. The zero-order chi connectivity index (χ0) is 29.5. The number of methoxy groups -OCH3 is 3. The maximum atomic E-state index is 14.3. The van der Waals surface area contributed by atoms with E-state index in [9.17, 15) is 29.4 Å². The molecule has 2 saturated heterocycles. The number of carboxylic acid groups (broad SMARTS) is 1. The van der Waals surface area contributed by atoms with E-state index in [0.29, 0.717) is 18.5 Å². The summed E-state index contributed by atoms with van der Waals surface area (Å²) in [5, 5.41) is 24.3. The third kappa shape index (κ3) is 4.11. The molecule has 2 aliphatic heterocycles. The van der Waals surface area contributed by atoms with Gasteiger partial charge in [0.15, 0.2) is 5.54 Å². The Balaban J connectivity index is 2.03. The fourth-order valence-corrected chi connectivity index (χ4v) is 6.15. The van der Waals surface area contributed by atoms with Crippen LogP contribution in [0.3, 0.4) is 0 Å². The second kappa shape index (κ2) is 10.9. The van der Waals surface area contributed by atoms with Crippen molar-refractivity contribution < 1.29 is 43.6 Å². The van der Waals surface area contributed by atoms with E-state index < -0.39 is 53.3 Å². The van der Waals surface area contributed by atoms with Gasteiger partial charge in [-0.05, 0) is 42.5 Å². The third-order valence-corrected chi connectivity index (χ3v) is 8.08. The van der Waals surface area contributed by atoms with E-state index in [0.717, 1.165) is 16.0 Å². The zero-order valence-corrected chi connectivity index (χ0v) is 23.3. The van der Waals surface area contributed by atoms with Crippen LogP contribution in [0.1, 0.15) is 53.9 Å². The molecule has 11 nitrogen and oxygen atoms in total. The van der Waals surface area contributed by atoms with Crippen LogP contribution in [0.2, 0.25) is 0 Å². The number of benzene rings is 2. The van der Waals surface area contributed by atoms with Gasteiger partial charge in [-0.3, -0.25) is 19.7 Å². The number of anilines is 1. The first-order valence-corrected chi connectivity index (χ1v) is 13.1. The summed E-state index contributed by atoms with van der Waals surface area (Å²) < 4.78 is 15.8. The van der Waals surface area contributed by atoms with Crippen molar-refractivity contribution >= 4 is 29.4 Å². The Labute approximate surface area is 232 Å². The van der Waals surface area contributed by atoms with Crippen LogP contribution in [0.25, 0.3) is 0 Å². The van der Waals surface area contributed by atoms with E-state index in [2.05, 4.69) is 5.32 Å². The lowest BCUT2D eigenvalue weighted by Gasteiger charge is -2.34. The normalized spacial score (nSPS) is 24.6. The molecule has 2 fully saturated rings. The van der Waals surface area contributed by atoms with Crippen molar-refractivity contribution in [1.29, 1.82) is 0 Å². The second-order valence-electron chi connectivity index (χ2n) is 9.90. The number of aliphatic hydroxyl groups excluding tert-OH is 1. The van der Waals surface area contributed by atoms with Gasteiger partial charge in [0, 0.05) is 12.1 Å². The minimum Gasteiger partial charge on any atom is -0.497 e. The standard InChI is InChI=1S/C29H34N2O9/c1-7-15-10-9-11-16(8-2)24(15)31-25(33)21-22(26(31)34)29(14(3)32,28(36)37)30-23(21)18-12-17(38-4)13-19(39-5)20(18)27(35)40-6/h9-14,21-23,30,32H,7-8H2,1-6H3,(H,36,37). The Morgan fingerprint density at radius 3 is 2.15 bits per heavy atom. The number of amides is 2. The molecule has 0 spiro atoms. The highest BCUT2D eigenvalue weighted by atomic mass is 16.5. The van der Waals surface area contributed by atoms with Crippen LogP contribution in [0.4, 0.5) is 5.69 Å². The number of carboxylic acids is 1. The number of carbonyl (C=O) groups is 4. The number of nitrogens with one attached hydrogen (secondary N) is 1. The maximum absolute atomic E-state index is 14.3. The van der Waals surface area contributed by atoms with Crippen LogP contribution < -0.4 is 19.7 Å². The topological polar surface area (TPSA) is 152 Å². The third-order valence-electron chi connectivity index (χ3n) is 8.08. The second-order valence-corrected chi connectivity index (χ2v) is 9.90. The molecule has 11 heteroatoms. The van der Waals surface area contributed by atoms with E-state index in [1.807, 2.05) is 32.0 Å². The lowest BCUT2D eigenvalue weighted by molar-refractivity contribution is -0.154. The van der Waals surface area contributed by atoms with Gasteiger partial charge in [-0.15, -0.1) is 0 Å². The number of hydrogen-bond acceptors (Lipinski definition) is 9. The Bertz CT molecular complexity index is 1350. The van der Waals surface area contributed by atoms with Crippen molar-refractivity contribution in [3.63, 3.8) is 0 Å². The SMILES string of the molecule is CCc1cccc(CC)c1N1C(=O)C2C(c3cc(OC)cc(OC)c3C(=O)OC)NC(C(=O)O)(C(C)O)C2C1=O. The number of hydrogen-bond donors (Lipinski definition) is 3. The van der Waals surface area contributed by atoms with Gasteiger partial charge in [0.1, 0.15) is 17.1 Å². The predicted octanol–water partition coefficient (Wildman–Crippen LogP) is 2.27. The molecule has 3 N–H and O–H groups in total. The van der Waals surface area contributed by atoms with Crippen LogP contribution >= 0.6 is 0 Å². The average molecular weight is 555 g/mol. The minimum absolute atomic E-state index is 0.0595. The number of ether oxygens (including phenoxy) is 3. The summed E-state index contributed by atoms with van der Waals surface area (Å²) >= 11 is 0. The van der Waals surface area contributed by atoms with Gasteiger partial charge in [-0.25, -0.2) is 9.69 Å². The average Bonchev–Trinajstić information content (AvgIpc) is 3.45. The van der Waals surface area contributed by atoms with E-state index in [1.54, 1.807) is 0 Å². The lowest BCUT2D eigenvalue weighted by Crippen LogP contribution is -2.62. The molecule has 2 aromatic carbocycles. The fourth-order valence-electron chi connectivity index (χ4n) is 6.15. The summed E-state index contributed by atoms with van der Waals surface area (Å²) in [6.45, 7) is 5.06. The van der Waals surface area contributed by atoms with Crippen LogP contribution in [-0.2, 0) is 32.0 Å². The molecule has 2 heterocycles. The van der Waals surface area contributed by atoms with E-state index in [1.165, 1.54) is 40.4 Å². The molecule has 0 bridgehead atoms. The van der Waals surface area contributed by atoms with Crippen molar-refractivity contribution in [1.82, 2.24) is 5.32 Å². The van der Waals surface area contributed by atoms with Gasteiger partial charge in [0.25, 0.3) is 0 Å². The Morgan fingerprint density at radius 1 is 1.05 bits per heavy atom. The highest BCUT2D eigenvalue weighted by Gasteiger charge is 2.71. The monoisotopic (exact) mass is 554 g/mol. The number of carbonyl (C=O) groups excluding carboxylic acids is 3. The quantitative estimate of drug-likeness (QED) is 0.311. The van der Waals surface area contributed by atoms with Gasteiger partial charge < -0.3 is 24.4 Å². The molecule has 0 radical (unpaired) electrons. The number of aliphatic carboxylic acids is 1. The lowest BCUT2D eigenvalue weighted by atomic mass is 9.76. The van der Waals surface area contributed by atoms with E-state index in [4.69, 9.17) is 14.2 Å². The van der Waals surface area contributed by atoms with Crippen LogP contribution in [0, 0.1) is 11.8 Å². The van der Waals surface area contributed by atoms with Gasteiger partial charge in [-0.2, -0.15) is 0 Å². The number of rotatable bonds is 9. The molecule has 5 unspecified atom stereocenters. The molecule has 2 aliphatic rings. The van der Waals surface area contributed by atoms with Crippen molar-refractivity contribution in [3.8, 4) is 11.5 Å². The first kappa shape index (κ1) is 29.0. The van der Waals surface area contributed by atoms with Gasteiger partial charge in [-0.1, -0.05) is 32.0 Å². The molecule has 5 atom stereocenters. The minimum atomic E-state index is -2.24. The van der Waals surface area contributed by atoms with Crippen molar-refractivity contribution in [2.24, 2.45) is 11.8 Å². The van der Waals surface area contributed by atoms with Gasteiger partial charge >= 0.3 is 11.9 Å². The van der Waals surface area contributed by atoms with E-state index in [-0.39, 0.29) is 22.6 Å². The molecule has 2 amide bonds. The molecule has 40 heavy (non-hydrogen) atoms. The predicted molar refractivity (Wildman–Crippen MR) is 143 cm³/mol. The number of esters is 1. The number of fused-ring (bicyclic) bond motifs is 1. The van der Waals surface area contributed by atoms with Crippen molar-refractivity contribution in [2.45, 2.75) is 51.3 Å². The fraction of sp³-hybridized carbons (Fsp3) is 0.448. The molecular formula is C29H34N2O9. The Morgan fingerprint density at radius 2 is 1.68 bits per heavy atom. The molecule has 4 rings (SSSR count).